The van der Waals surface area contributed by atoms with Crippen molar-refractivity contribution in [3.8, 4) is 0 Å². The van der Waals surface area contributed by atoms with Crippen LogP contribution in [0.25, 0.3) is 0 Å². The van der Waals surface area contributed by atoms with Gasteiger partial charge in [-0.05, 0) is 0 Å². The standard InChI is InChI=1S/C6H15ClNO2.ClH/c1-8(2,3)4-5(9)6(7)10;/h5-6,9-10H,4H2,1-3H3;1H/q+1;/p-1. The maximum atomic E-state index is 9.06. The summed E-state index contributed by atoms with van der Waals surface area (Å²) in [6.45, 7) is 0.449. The van der Waals surface area contributed by atoms with Gasteiger partial charge in [0.1, 0.15) is 12.6 Å². The zero-order valence-electron chi connectivity index (χ0n) is 6.96. The zero-order valence-corrected chi connectivity index (χ0v) is 8.47. The van der Waals surface area contributed by atoms with Crippen LogP contribution in [0.1, 0.15) is 0 Å². The highest BCUT2D eigenvalue weighted by Gasteiger charge is 2.20. The molecule has 0 fully saturated rings. The van der Waals surface area contributed by atoms with Gasteiger partial charge in [0.25, 0.3) is 0 Å². The van der Waals surface area contributed by atoms with E-state index in [9.17, 15) is 0 Å². The molecule has 3 nitrogen and oxygen atoms in total. The third-order valence-electron chi connectivity index (χ3n) is 1.05. The highest BCUT2D eigenvalue weighted by molar-refractivity contribution is 6.19. The molecular weight excluding hydrogens is 189 g/mol. The summed E-state index contributed by atoms with van der Waals surface area (Å²) in [6, 6.07) is 0. The van der Waals surface area contributed by atoms with Gasteiger partial charge in [-0.2, -0.15) is 0 Å². The van der Waals surface area contributed by atoms with Gasteiger partial charge in [-0.15, -0.1) is 0 Å². The first-order valence-corrected chi connectivity index (χ1v) is 3.57. The Bertz CT molecular complexity index is 103. The molecule has 0 amide bonds. The molecule has 0 rings (SSSR count). The molecule has 0 saturated carbocycles. The van der Waals surface area contributed by atoms with E-state index in [1.165, 1.54) is 0 Å². The summed E-state index contributed by atoms with van der Waals surface area (Å²) in [6.07, 6.45) is -0.846. The Hall–Kier alpha value is 0.460. The Labute approximate surface area is 78.6 Å². The third-order valence-corrected chi connectivity index (χ3v) is 1.34. The first kappa shape index (κ1) is 14.0. The Morgan fingerprint density at radius 1 is 1.27 bits per heavy atom. The Kier molecular flexibility index (Phi) is 6.58. The summed E-state index contributed by atoms with van der Waals surface area (Å²) in [7, 11) is 5.76. The smallest absolute Gasteiger partial charge is 0.159 e. The number of alkyl halides is 1. The maximum absolute atomic E-state index is 9.06. The van der Waals surface area contributed by atoms with Crippen LogP contribution >= 0.6 is 11.6 Å². The molecule has 0 spiro atoms. The van der Waals surface area contributed by atoms with Crippen LogP contribution in [0, 0.1) is 0 Å². The summed E-state index contributed by atoms with van der Waals surface area (Å²) < 4.78 is 0.588. The summed E-state index contributed by atoms with van der Waals surface area (Å²) in [5.74, 6) is 0. The number of rotatable bonds is 3. The van der Waals surface area contributed by atoms with Crippen LogP contribution in [0.5, 0.6) is 0 Å². The van der Waals surface area contributed by atoms with E-state index in [0.29, 0.717) is 11.0 Å². The van der Waals surface area contributed by atoms with Crippen LogP contribution in [-0.2, 0) is 0 Å². The second-order valence-corrected chi connectivity index (χ2v) is 3.86. The fourth-order valence-electron chi connectivity index (χ4n) is 0.648. The molecule has 0 aliphatic carbocycles. The van der Waals surface area contributed by atoms with Crippen molar-refractivity contribution in [1.29, 1.82) is 0 Å². The fraction of sp³-hybridized carbons (Fsp3) is 1.00. The highest BCUT2D eigenvalue weighted by Crippen LogP contribution is 2.02. The molecule has 2 N–H and O–H groups in total. The molecule has 0 aliphatic heterocycles. The molecule has 2 unspecified atom stereocenters. The van der Waals surface area contributed by atoms with Gasteiger partial charge >= 0.3 is 0 Å². The molecular formula is C6H15Cl2NO2. The number of nitrogens with zero attached hydrogens (tertiary/aromatic N) is 1. The normalized spacial score (nSPS) is 16.9. The summed E-state index contributed by atoms with van der Waals surface area (Å²) in [5.41, 5.74) is -1.16. The fourth-order valence-corrected chi connectivity index (χ4v) is 0.728. The minimum Gasteiger partial charge on any atom is -1.00 e. The van der Waals surface area contributed by atoms with Crippen LogP contribution in [0.3, 0.4) is 0 Å². The van der Waals surface area contributed by atoms with Crippen LogP contribution in [-0.4, -0.2) is 54.1 Å². The van der Waals surface area contributed by atoms with Crippen molar-refractivity contribution in [1.82, 2.24) is 0 Å². The number of likely N-dealkylation sites (N-methyl/N-ethyl adjacent to an activating group) is 1. The lowest BCUT2D eigenvalue weighted by Gasteiger charge is -2.27. The first-order valence-electron chi connectivity index (χ1n) is 3.13. The van der Waals surface area contributed by atoms with Crippen LogP contribution < -0.4 is 12.4 Å². The third kappa shape index (κ3) is 8.37. The van der Waals surface area contributed by atoms with E-state index in [-0.39, 0.29) is 12.4 Å². The Balaban J connectivity index is 0. The molecule has 0 aromatic carbocycles. The van der Waals surface area contributed by atoms with Crippen LogP contribution in [0.15, 0.2) is 0 Å². The summed E-state index contributed by atoms with van der Waals surface area (Å²) in [5, 5.41) is 17.8. The molecule has 0 bridgehead atoms. The predicted octanol–water partition coefficient (Wildman–Crippen LogP) is -3.39. The molecule has 70 valence electrons. The molecule has 0 aromatic heterocycles. The van der Waals surface area contributed by atoms with Gasteiger partial charge in [0.05, 0.1) is 21.1 Å². The number of hydrogen-bond acceptors (Lipinski definition) is 2. The Morgan fingerprint density at radius 3 is 1.73 bits per heavy atom. The number of aliphatic hydroxyl groups excluding tert-OH is 2. The van der Waals surface area contributed by atoms with Crippen LogP contribution in [0.4, 0.5) is 0 Å². The Morgan fingerprint density at radius 2 is 1.64 bits per heavy atom. The van der Waals surface area contributed by atoms with Crippen molar-refractivity contribution in [2.24, 2.45) is 0 Å². The van der Waals surface area contributed by atoms with E-state index in [1.807, 2.05) is 21.1 Å². The van der Waals surface area contributed by atoms with E-state index >= 15 is 0 Å². The highest BCUT2D eigenvalue weighted by atomic mass is 35.5. The SMILES string of the molecule is C[N+](C)(C)CC(O)C(O)Cl.[Cl-]. The largest absolute Gasteiger partial charge is 1.00 e. The zero-order chi connectivity index (χ0) is 8.36. The lowest BCUT2D eigenvalue weighted by molar-refractivity contribution is -0.873. The van der Waals surface area contributed by atoms with E-state index < -0.39 is 11.7 Å². The average Bonchev–Trinajstić information content (AvgIpc) is 1.60. The van der Waals surface area contributed by atoms with Crippen molar-refractivity contribution < 1.29 is 27.1 Å². The van der Waals surface area contributed by atoms with Gasteiger partial charge in [-0.3, -0.25) is 0 Å². The monoisotopic (exact) mass is 203 g/mol. The predicted molar refractivity (Wildman–Crippen MR) is 40.8 cm³/mol. The molecule has 0 saturated heterocycles. The minimum absolute atomic E-state index is 0. The first-order chi connectivity index (χ1) is 4.33. The molecule has 0 radical (unpaired) electrons. The lowest BCUT2D eigenvalue weighted by atomic mass is 10.3. The number of quaternary nitrogens is 1. The van der Waals surface area contributed by atoms with Crippen molar-refractivity contribution in [2.45, 2.75) is 11.7 Å². The van der Waals surface area contributed by atoms with Gasteiger partial charge in [-0.25, -0.2) is 0 Å². The van der Waals surface area contributed by atoms with Crippen molar-refractivity contribution in [3.63, 3.8) is 0 Å². The second kappa shape index (κ2) is 5.17. The summed E-state index contributed by atoms with van der Waals surface area (Å²) in [4.78, 5) is 0. The van der Waals surface area contributed by atoms with E-state index in [4.69, 9.17) is 21.8 Å². The van der Waals surface area contributed by atoms with Gasteiger partial charge in [0.15, 0.2) is 5.56 Å². The molecule has 0 aliphatic rings. The summed E-state index contributed by atoms with van der Waals surface area (Å²) >= 11 is 5.23. The topological polar surface area (TPSA) is 40.5 Å². The number of hydrogen-bond donors (Lipinski definition) is 2. The molecule has 5 heteroatoms. The molecule has 11 heavy (non-hydrogen) atoms. The van der Waals surface area contributed by atoms with Gasteiger partial charge in [-0.1, -0.05) is 11.6 Å². The van der Waals surface area contributed by atoms with E-state index in [0.717, 1.165) is 0 Å². The molecule has 0 aromatic rings. The van der Waals surface area contributed by atoms with Gasteiger partial charge in [0, 0.05) is 0 Å². The lowest BCUT2D eigenvalue weighted by Crippen LogP contribution is -3.00. The number of aliphatic hydroxyl groups is 2. The average molecular weight is 204 g/mol. The quantitative estimate of drug-likeness (QED) is 0.372. The van der Waals surface area contributed by atoms with Crippen molar-refractivity contribution in [3.05, 3.63) is 0 Å². The molecule has 0 heterocycles. The van der Waals surface area contributed by atoms with Crippen molar-refractivity contribution in [2.75, 3.05) is 27.7 Å². The second-order valence-electron chi connectivity index (χ2n) is 3.41. The van der Waals surface area contributed by atoms with E-state index in [1.54, 1.807) is 0 Å². The maximum Gasteiger partial charge on any atom is 0.159 e. The number of halogens is 2. The van der Waals surface area contributed by atoms with Gasteiger partial charge < -0.3 is 27.1 Å². The van der Waals surface area contributed by atoms with Gasteiger partial charge in [0.2, 0.25) is 0 Å². The minimum atomic E-state index is -1.16. The van der Waals surface area contributed by atoms with Crippen molar-refractivity contribution >= 4 is 11.6 Å². The van der Waals surface area contributed by atoms with E-state index in [2.05, 4.69) is 0 Å². The molecule has 2 atom stereocenters. The van der Waals surface area contributed by atoms with Crippen LogP contribution in [0.2, 0.25) is 0 Å².